The van der Waals surface area contributed by atoms with E-state index in [1.807, 2.05) is 24.4 Å². The van der Waals surface area contributed by atoms with Gasteiger partial charge in [0.1, 0.15) is 5.75 Å². The molecule has 1 unspecified atom stereocenters. The molecule has 0 radical (unpaired) electrons. The lowest BCUT2D eigenvalue weighted by Crippen LogP contribution is -2.19. The van der Waals surface area contributed by atoms with Gasteiger partial charge in [-0.25, -0.2) is 0 Å². The van der Waals surface area contributed by atoms with E-state index in [4.69, 9.17) is 0 Å². The van der Waals surface area contributed by atoms with Crippen molar-refractivity contribution >= 4 is 0 Å². The Morgan fingerprint density at radius 3 is 2.61 bits per heavy atom. The summed E-state index contributed by atoms with van der Waals surface area (Å²) in [6.07, 6.45) is 1.81. The van der Waals surface area contributed by atoms with Gasteiger partial charge in [0.25, 0.3) is 0 Å². The number of benzene rings is 1. The molecule has 94 valence electrons. The van der Waals surface area contributed by atoms with Crippen LogP contribution in [0.5, 0.6) is 5.75 Å². The SMILES string of the molecule is Cc1cccnc1CNC(C)c1ccc(O)cc1. The molecule has 2 aromatic rings. The molecular formula is C15H18N2O. The molecule has 1 aromatic heterocycles. The van der Waals surface area contributed by atoms with Gasteiger partial charge in [-0.1, -0.05) is 18.2 Å². The summed E-state index contributed by atoms with van der Waals surface area (Å²) in [5.74, 6) is 0.298. The van der Waals surface area contributed by atoms with E-state index in [9.17, 15) is 5.11 Å². The number of pyridine rings is 1. The van der Waals surface area contributed by atoms with Gasteiger partial charge in [0.15, 0.2) is 0 Å². The first kappa shape index (κ1) is 12.6. The van der Waals surface area contributed by atoms with E-state index in [1.54, 1.807) is 12.1 Å². The molecule has 0 saturated heterocycles. The Labute approximate surface area is 108 Å². The molecule has 1 atom stereocenters. The van der Waals surface area contributed by atoms with Gasteiger partial charge in [0.05, 0.1) is 5.69 Å². The van der Waals surface area contributed by atoms with Gasteiger partial charge in [-0.05, 0) is 43.2 Å². The molecule has 0 amide bonds. The van der Waals surface area contributed by atoms with Crippen LogP contribution in [0, 0.1) is 6.92 Å². The maximum Gasteiger partial charge on any atom is 0.115 e. The molecule has 18 heavy (non-hydrogen) atoms. The lowest BCUT2D eigenvalue weighted by atomic mass is 10.1. The van der Waals surface area contributed by atoms with Gasteiger partial charge in [-0.2, -0.15) is 0 Å². The van der Waals surface area contributed by atoms with Crippen LogP contribution in [-0.4, -0.2) is 10.1 Å². The van der Waals surface area contributed by atoms with Crippen molar-refractivity contribution in [1.29, 1.82) is 0 Å². The molecule has 0 aliphatic heterocycles. The molecule has 0 spiro atoms. The molecule has 3 nitrogen and oxygen atoms in total. The summed E-state index contributed by atoms with van der Waals surface area (Å²) in [6.45, 7) is 4.91. The summed E-state index contributed by atoms with van der Waals surface area (Å²) in [5.41, 5.74) is 3.42. The van der Waals surface area contributed by atoms with E-state index in [0.29, 0.717) is 5.75 Å². The zero-order valence-electron chi connectivity index (χ0n) is 10.7. The Morgan fingerprint density at radius 1 is 1.22 bits per heavy atom. The fraction of sp³-hybridized carbons (Fsp3) is 0.267. The Hall–Kier alpha value is -1.87. The Bertz CT molecular complexity index is 508. The average Bonchev–Trinajstić information content (AvgIpc) is 2.38. The van der Waals surface area contributed by atoms with Crippen LogP contribution in [0.25, 0.3) is 0 Å². The second-order valence-corrected chi connectivity index (χ2v) is 4.46. The van der Waals surface area contributed by atoms with E-state index in [2.05, 4.69) is 30.2 Å². The second kappa shape index (κ2) is 5.65. The molecule has 1 aromatic carbocycles. The minimum Gasteiger partial charge on any atom is -0.508 e. The Morgan fingerprint density at radius 2 is 1.94 bits per heavy atom. The van der Waals surface area contributed by atoms with Crippen molar-refractivity contribution in [2.75, 3.05) is 0 Å². The van der Waals surface area contributed by atoms with Crippen LogP contribution in [0.1, 0.15) is 29.8 Å². The molecule has 2 N–H and O–H groups in total. The highest BCUT2D eigenvalue weighted by Gasteiger charge is 2.06. The number of rotatable bonds is 4. The number of nitrogens with one attached hydrogen (secondary N) is 1. The molecule has 0 aliphatic carbocycles. The van der Waals surface area contributed by atoms with Crippen molar-refractivity contribution in [2.24, 2.45) is 0 Å². The van der Waals surface area contributed by atoms with E-state index in [1.165, 1.54) is 5.56 Å². The predicted octanol–water partition coefficient (Wildman–Crippen LogP) is 2.95. The summed E-state index contributed by atoms with van der Waals surface area (Å²) in [4.78, 5) is 4.36. The number of aromatic nitrogens is 1. The van der Waals surface area contributed by atoms with Crippen molar-refractivity contribution in [1.82, 2.24) is 10.3 Å². The number of aryl methyl sites for hydroxylation is 1. The van der Waals surface area contributed by atoms with E-state index in [0.717, 1.165) is 17.8 Å². The van der Waals surface area contributed by atoms with E-state index >= 15 is 0 Å². The minimum absolute atomic E-state index is 0.229. The monoisotopic (exact) mass is 242 g/mol. The van der Waals surface area contributed by atoms with E-state index in [-0.39, 0.29) is 6.04 Å². The van der Waals surface area contributed by atoms with Gasteiger partial charge >= 0.3 is 0 Å². The molecule has 0 aliphatic rings. The number of phenolic OH excluding ortho intramolecular Hbond substituents is 1. The smallest absolute Gasteiger partial charge is 0.115 e. The zero-order valence-corrected chi connectivity index (χ0v) is 10.7. The molecule has 0 saturated carbocycles. The predicted molar refractivity (Wildman–Crippen MR) is 72.3 cm³/mol. The maximum atomic E-state index is 9.25. The van der Waals surface area contributed by atoms with Gasteiger partial charge in [0.2, 0.25) is 0 Å². The van der Waals surface area contributed by atoms with Crippen LogP contribution in [0.4, 0.5) is 0 Å². The average molecular weight is 242 g/mol. The summed E-state index contributed by atoms with van der Waals surface area (Å²) >= 11 is 0. The highest BCUT2D eigenvalue weighted by Crippen LogP contribution is 2.16. The number of hydrogen-bond acceptors (Lipinski definition) is 3. The van der Waals surface area contributed by atoms with Crippen LogP contribution < -0.4 is 5.32 Å². The highest BCUT2D eigenvalue weighted by molar-refractivity contribution is 5.28. The van der Waals surface area contributed by atoms with Crippen molar-refractivity contribution in [2.45, 2.75) is 26.4 Å². The normalized spacial score (nSPS) is 12.3. The number of aromatic hydroxyl groups is 1. The molecule has 3 heteroatoms. The van der Waals surface area contributed by atoms with Gasteiger partial charge in [-0.15, -0.1) is 0 Å². The largest absolute Gasteiger partial charge is 0.508 e. The van der Waals surface area contributed by atoms with Crippen molar-refractivity contribution in [3.8, 4) is 5.75 Å². The first-order chi connectivity index (χ1) is 8.66. The summed E-state index contributed by atoms with van der Waals surface area (Å²) < 4.78 is 0. The second-order valence-electron chi connectivity index (χ2n) is 4.46. The van der Waals surface area contributed by atoms with Gasteiger partial charge in [-0.3, -0.25) is 4.98 Å². The molecule has 1 heterocycles. The number of nitrogens with zero attached hydrogens (tertiary/aromatic N) is 1. The number of hydrogen-bond donors (Lipinski definition) is 2. The van der Waals surface area contributed by atoms with Crippen molar-refractivity contribution in [3.05, 3.63) is 59.4 Å². The van der Waals surface area contributed by atoms with Crippen LogP contribution >= 0.6 is 0 Å². The van der Waals surface area contributed by atoms with Gasteiger partial charge < -0.3 is 10.4 Å². The zero-order chi connectivity index (χ0) is 13.0. The van der Waals surface area contributed by atoms with Crippen molar-refractivity contribution < 1.29 is 5.11 Å². The van der Waals surface area contributed by atoms with Crippen molar-refractivity contribution in [3.63, 3.8) is 0 Å². The quantitative estimate of drug-likeness (QED) is 0.866. The fourth-order valence-corrected chi connectivity index (χ4v) is 1.83. The van der Waals surface area contributed by atoms with Crippen LogP contribution in [-0.2, 0) is 6.54 Å². The standard InChI is InChI=1S/C15H18N2O/c1-11-4-3-9-16-15(11)10-17-12(2)13-5-7-14(18)8-6-13/h3-9,12,17-18H,10H2,1-2H3. The Balaban J connectivity index is 1.98. The topological polar surface area (TPSA) is 45.2 Å². The Kier molecular flexibility index (Phi) is 3.95. The first-order valence-electron chi connectivity index (χ1n) is 6.09. The molecule has 2 rings (SSSR count). The van der Waals surface area contributed by atoms with E-state index < -0.39 is 0 Å². The lowest BCUT2D eigenvalue weighted by molar-refractivity contribution is 0.474. The number of phenols is 1. The summed E-state index contributed by atoms with van der Waals surface area (Å²) in [6, 6.07) is 11.5. The summed E-state index contributed by atoms with van der Waals surface area (Å²) in [5, 5.41) is 12.7. The summed E-state index contributed by atoms with van der Waals surface area (Å²) in [7, 11) is 0. The molecule has 0 bridgehead atoms. The lowest BCUT2D eigenvalue weighted by Gasteiger charge is -2.14. The minimum atomic E-state index is 0.229. The third kappa shape index (κ3) is 3.08. The molecular weight excluding hydrogens is 224 g/mol. The van der Waals surface area contributed by atoms with Gasteiger partial charge in [0, 0.05) is 18.8 Å². The maximum absolute atomic E-state index is 9.25. The highest BCUT2D eigenvalue weighted by atomic mass is 16.3. The third-order valence-corrected chi connectivity index (χ3v) is 3.09. The van der Waals surface area contributed by atoms with Crippen LogP contribution in [0.2, 0.25) is 0 Å². The van der Waals surface area contributed by atoms with Crippen LogP contribution in [0.3, 0.4) is 0 Å². The first-order valence-corrected chi connectivity index (χ1v) is 6.09. The third-order valence-electron chi connectivity index (χ3n) is 3.09. The fourth-order valence-electron chi connectivity index (χ4n) is 1.83. The molecule has 0 fully saturated rings. The van der Waals surface area contributed by atoms with Crippen LogP contribution in [0.15, 0.2) is 42.6 Å².